The number of rotatable bonds is 18. The van der Waals surface area contributed by atoms with E-state index in [9.17, 15) is 13.2 Å². The predicted octanol–water partition coefficient (Wildman–Crippen LogP) is 5.24. The predicted molar refractivity (Wildman–Crippen MR) is 113 cm³/mol. The maximum absolute atomic E-state index is 11.6. The Balaban J connectivity index is 3.47. The lowest BCUT2D eigenvalue weighted by Crippen LogP contribution is -2.30. The van der Waals surface area contributed by atoms with Gasteiger partial charge in [0, 0.05) is 13.0 Å². The molecule has 0 aliphatic rings. The van der Waals surface area contributed by atoms with E-state index < -0.39 is 21.3 Å². The van der Waals surface area contributed by atoms with Crippen LogP contribution in [-0.4, -0.2) is 26.2 Å². The largest absolute Gasteiger partial charge is 0.345 e. The molecule has 6 heteroatoms. The number of hydrogen-bond acceptors (Lipinski definition) is 5. The minimum Gasteiger partial charge on any atom is -0.345 e. The molecule has 0 rings (SSSR count). The van der Waals surface area contributed by atoms with Crippen molar-refractivity contribution in [3.63, 3.8) is 0 Å². The zero-order valence-corrected chi connectivity index (χ0v) is 18.3. The highest BCUT2D eigenvalue weighted by atomic mass is 32.2. The van der Waals surface area contributed by atoms with Crippen molar-refractivity contribution in [1.82, 2.24) is 0 Å². The molecule has 0 bridgehead atoms. The third-order valence-corrected chi connectivity index (χ3v) is 6.27. The molecule has 0 saturated heterocycles. The summed E-state index contributed by atoms with van der Waals surface area (Å²) in [4.78, 5) is 11.6. The molecule has 0 heterocycles. The van der Waals surface area contributed by atoms with E-state index in [0.717, 1.165) is 25.7 Å². The van der Waals surface area contributed by atoms with Crippen molar-refractivity contribution in [3.8, 4) is 0 Å². The molecule has 1 unspecified atom stereocenters. The van der Waals surface area contributed by atoms with Gasteiger partial charge in [0.05, 0.1) is 0 Å². The third-order valence-electron chi connectivity index (χ3n) is 4.68. The normalized spacial score (nSPS) is 13.1. The van der Waals surface area contributed by atoms with Crippen molar-refractivity contribution >= 4 is 16.1 Å². The van der Waals surface area contributed by atoms with Crippen molar-refractivity contribution in [3.05, 3.63) is 12.2 Å². The van der Waals surface area contributed by atoms with Gasteiger partial charge in [-0.1, -0.05) is 70.4 Å². The molecular weight excluding hydrogens is 362 g/mol. The fourth-order valence-corrected chi connectivity index (χ4v) is 3.45. The van der Waals surface area contributed by atoms with Gasteiger partial charge in [-0.05, 0) is 39.0 Å². The monoisotopic (exact) mass is 403 g/mol. The summed E-state index contributed by atoms with van der Waals surface area (Å²) in [7, 11) is -3.86. The molecule has 0 radical (unpaired) electrons. The van der Waals surface area contributed by atoms with Crippen molar-refractivity contribution < 1.29 is 17.4 Å². The summed E-state index contributed by atoms with van der Waals surface area (Å²) in [5.41, 5.74) is 5.29. The number of nitrogens with two attached hydrogens (primary N) is 1. The summed E-state index contributed by atoms with van der Waals surface area (Å²) in [6.07, 6.45) is 20.1. The first-order chi connectivity index (χ1) is 12.9. The first-order valence-electron chi connectivity index (χ1n) is 10.7. The van der Waals surface area contributed by atoms with E-state index in [1.165, 1.54) is 58.3 Å². The van der Waals surface area contributed by atoms with Crippen LogP contribution in [0.15, 0.2) is 12.2 Å². The SMILES string of the molecule is CCCCCCCC/C=C\CCCCCCCC(=O)OS(=O)(=O)C(C)CN. The first-order valence-corrected chi connectivity index (χ1v) is 12.2. The lowest BCUT2D eigenvalue weighted by Gasteiger charge is -2.10. The molecule has 0 aromatic rings. The van der Waals surface area contributed by atoms with Gasteiger partial charge in [0.25, 0.3) is 0 Å². The lowest BCUT2D eigenvalue weighted by atomic mass is 10.1. The van der Waals surface area contributed by atoms with Gasteiger partial charge in [-0.15, -0.1) is 0 Å². The van der Waals surface area contributed by atoms with E-state index in [0.29, 0.717) is 6.42 Å². The molecule has 0 aromatic carbocycles. The van der Waals surface area contributed by atoms with Crippen LogP contribution in [0.1, 0.15) is 104 Å². The molecule has 5 nitrogen and oxygen atoms in total. The average Bonchev–Trinajstić information content (AvgIpc) is 2.63. The number of carbonyl (C=O) groups excluding carboxylic acids is 1. The Hall–Kier alpha value is -0.880. The van der Waals surface area contributed by atoms with Gasteiger partial charge in [-0.3, -0.25) is 4.79 Å². The summed E-state index contributed by atoms with van der Waals surface area (Å²) in [5, 5.41) is -0.851. The van der Waals surface area contributed by atoms with Crippen molar-refractivity contribution in [2.75, 3.05) is 6.54 Å². The quantitative estimate of drug-likeness (QED) is 0.192. The van der Waals surface area contributed by atoms with Crippen LogP contribution in [0.2, 0.25) is 0 Å². The van der Waals surface area contributed by atoms with Gasteiger partial charge in [0.15, 0.2) is 0 Å². The zero-order chi connectivity index (χ0) is 20.4. The van der Waals surface area contributed by atoms with Gasteiger partial charge >= 0.3 is 16.1 Å². The standard InChI is InChI=1S/C21H41NO4S/c1-3-4-5-6-7-8-9-10-11-12-13-14-15-16-17-18-21(23)26-27(24,25)20(2)19-22/h10-11,20H,3-9,12-19,22H2,1-2H3/b11-10-. The highest BCUT2D eigenvalue weighted by Gasteiger charge is 2.23. The smallest absolute Gasteiger partial charge is 0.322 e. The minimum absolute atomic E-state index is 0.0526. The number of allylic oxidation sites excluding steroid dienone is 2. The maximum atomic E-state index is 11.6. The van der Waals surface area contributed by atoms with E-state index in [2.05, 4.69) is 23.3 Å². The van der Waals surface area contributed by atoms with Gasteiger partial charge in [-0.2, -0.15) is 8.42 Å². The van der Waals surface area contributed by atoms with Crippen LogP contribution >= 0.6 is 0 Å². The molecule has 160 valence electrons. The maximum Gasteiger partial charge on any atom is 0.322 e. The lowest BCUT2D eigenvalue weighted by molar-refractivity contribution is -0.134. The summed E-state index contributed by atoms with van der Waals surface area (Å²) in [5.74, 6) is -0.673. The topological polar surface area (TPSA) is 86.5 Å². The first kappa shape index (κ1) is 26.1. The van der Waals surface area contributed by atoms with Crippen LogP contribution in [0.4, 0.5) is 0 Å². The molecule has 0 aliphatic carbocycles. The Morgan fingerprint density at radius 2 is 1.37 bits per heavy atom. The molecule has 0 aliphatic heterocycles. The summed E-state index contributed by atoms with van der Waals surface area (Å²) in [6, 6.07) is 0. The highest BCUT2D eigenvalue weighted by molar-refractivity contribution is 7.87. The second kappa shape index (κ2) is 17.2. The Bertz CT molecular complexity index is 488. The van der Waals surface area contributed by atoms with Crippen LogP contribution in [0.3, 0.4) is 0 Å². The molecular formula is C21H41NO4S. The van der Waals surface area contributed by atoms with Crippen molar-refractivity contribution in [2.24, 2.45) is 5.73 Å². The van der Waals surface area contributed by atoms with E-state index in [4.69, 9.17) is 5.73 Å². The minimum atomic E-state index is -3.86. The fraction of sp³-hybridized carbons (Fsp3) is 0.857. The average molecular weight is 404 g/mol. The molecule has 27 heavy (non-hydrogen) atoms. The van der Waals surface area contributed by atoms with E-state index in [-0.39, 0.29) is 13.0 Å². The van der Waals surface area contributed by atoms with Gasteiger partial charge < -0.3 is 9.92 Å². The van der Waals surface area contributed by atoms with Crippen LogP contribution in [0, 0.1) is 0 Å². The Morgan fingerprint density at radius 3 is 1.89 bits per heavy atom. The number of hydrogen-bond donors (Lipinski definition) is 1. The molecule has 2 N–H and O–H groups in total. The van der Waals surface area contributed by atoms with Crippen LogP contribution in [0.25, 0.3) is 0 Å². The molecule has 0 aromatic heterocycles. The molecule has 1 atom stereocenters. The second-order valence-electron chi connectivity index (χ2n) is 7.33. The molecule has 0 spiro atoms. The van der Waals surface area contributed by atoms with Crippen LogP contribution in [0.5, 0.6) is 0 Å². The molecule has 0 amide bonds. The van der Waals surface area contributed by atoms with E-state index in [1.54, 1.807) is 0 Å². The van der Waals surface area contributed by atoms with Crippen LogP contribution in [-0.2, 0) is 19.1 Å². The zero-order valence-electron chi connectivity index (χ0n) is 17.5. The number of carbonyl (C=O) groups is 1. The van der Waals surface area contributed by atoms with Crippen molar-refractivity contribution in [1.29, 1.82) is 0 Å². The summed E-state index contributed by atoms with van der Waals surface area (Å²) < 4.78 is 27.8. The molecule has 0 fully saturated rings. The Labute approximate surface area is 167 Å². The van der Waals surface area contributed by atoms with E-state index >= 15 is 0 Å². The van der Waals surface area contributed by atoms with Gasteiger partial charge in [-0.25, -0.2) is 0 Å². The summed E-state index contributed by atoms with van der Waals surface area (Å²) >= 11 is 0. The van der Waals surface area contributed by atoms with Gasteiger partial charge in [0.2, 0.25) is 0 Å². The van der Waals surface area contributed by atoms with Crippen molar-refractivity contribution in [2.45, 2.75) is 109 Å². The van der Waals surface area contributed by atoms with Crippen LogP contribution < -0.4 is 5.73 Å². The Kier molecular flexibility index (Phi) is 16.7. The fourth-order valence-electron chi connectivity index (χ4n) is 2.71. The van der Waals surface area contributed by atoms with E-state index in [1.807, 2.05) is 0 Å². The second-order valence-corrected chi connectivity index (χ2v) is 9.29. The number of unbranched alkanes of at least 4 members (excludes halogenated alkanes) is 11. The highest BCUT2D eigenvalue weighted by Crippen LogP contribution is 2.11. The third kappa shape index (κ3) is 15.8. The van der Waals surface area contributed by atoms with Gasteiger partial charge in [0.1, 0.15) is 5.25 Å². The molecule has 0 saturated carbocycles. The Morgan fingerprint density at radius 1 is 0.889 bits per heavy atom. The summed E-state index contributed by atoms with van der Waals surface area (Å²) in [6.45, 7) is 3.63.